The molecule has 0 aromatic carbocycles. The molecule has 1 aromatic heterocycles. The summed E-state index contributed by atoms with van der Waals surface area (Å²) < 4.78 is 13.1. The maximum absolute atomic E-state index is 13.1. The lowest BCUT2D eigenvalue weighted by Crippen LogP contribution is -2.25. The van der Waals surface area contributed by atoms with Gasteiger partial charge in [-0.1, -0.05) is 0 Å². The summed E-state index contributed by atoms with van der Waals surface area (Å²) in [7, 11) is 0. The second-order valence-electron chi connectivity index (χ2n) is 3.53. The molecule has 1 amide bonds. The Balaban J connectivity index is 2.02. The van der Waals surface area contributed by atoms with Gasteiger partial charge in [0.1, 0.15) is 0 Å². The molecule has 1 saturated heterocycles. The summed E-state index contributed by atoms with van der Waals surface area (Å²) in [5, 5.41) is 5.64. The van der Waals surface area contributed by atoms with Gasteiger partial charge in [-0.05, 0) is 19.0 Å². The van der Waals surface area contributed by atoms with Crippen molar-refractivity contribution in [3.05, 3.63) is 24.3 Å². The molecule has 4 nitrogen and oxygen atoms in total. The Morgan fingerprint density at radius 3 is 3.20 bits per heavy atom. The highest BCUT2D eigenvalue weighted by Gasteiger charge is 2.22. The number of nitrogens with zero attached hydrogens (tertiary/aromatic N) is 1. The highest BCUT2D eigenvalue weighted by atomic mass is 19.1. The van der Waals surface area contributed by atoms with E-state index in [0.29, 0.717) is 6.54 Å². The number of halogens is 1. The molecule has 0 aliphatic carbocycles. The number of pyridine rings is 1. The van der Waals surface area contributed by atoms with Gasteiger partial charge in [0.2, 0.25) is 5.91 Å². The SMILES string of the molecule is O=C(Nc1ccncc1F)C1CCNC1. The lowest BCUT2D eigenvalue weighted by molar-refractivity contribution is -0.119. The molecule has 0 saturated carbocycles. The smallest absolute Gasteiger partial charge is 0.228 e. The highest BCUT2D eigenvalue weighted by Crippen LogP contribution is 2.14. The van der Waals surface area contributed by atoms with Crippen LogP contribution in [0.1, 0.15) is 6.42 Å². The first-order valence-electron chi connectivity index (χ1n) is 4.88. The standard InChI is InChI=1S/C10H12FN3O/c11-8-6-13-4-2-9(8)14-10(15)7-1-3-12-5-7/h2,4,6-7,12H,1,3,5H2,(H,13,14,15). The lowest BCUT2D eigenvalue weighted by atomic mass is 10.1. The number of anilines is 1. The molecule has 2 heterocycles. The van der Waals surface area contributed by atoms with Crippen molar-refractivity contribution in [2.24, 2.45) is 5.92 Å². The molecule has 1 unspecified atom stereocenters. The fourth-order valence-corrected chi connectivity index (χ4v) is 1.59. The lowest BCUT2D eigenvalue weighted by Gasteiger charge is -2.09. The van der Waals surface area contributed by atoms with Gasteiger partial charge in [0, 0.05) is 12.7 Å². The molecule has 1 fully saturated rings. The molecule has 0 bridgehead atoms. The molecular weight excluding hydrogens is 197 g/mol. The number of nitrogens with one attached hydrogen (secondary N) is 2. The second kappa shape index (κ2) is 4.35. The van der Waals surface area contributed by atoms with Crippen LogP contribution in [-0.4, -0.2) is 24.0 Å². The van der Waals surface area contributed by atoms with Crippen LogP contribution in [0, 0.1) is 11.7 Å². The summed E-state index contributed by atoms with van der Waals surface area (Å²) in [5.74, 6) is -0.695. The van der Waals surface area contributed by atoms with Crippen molar-refractivity contribution >= 4 is 11.6 Å². The van der Waals surface area contributed by atoms with Crippen LogP contribution in [0.3, 0.4) is 0 Å². The summed E-state index contributed by atoms with van der Waals surface area (Å²) in [6.07, 6.45) is 3.34. The van der Waals surface area contributed by atoms with Crippen molar-refractivity contribution in [3.8, 4) is 0 Å². The third kappa shape index (κ3) is 2.30. The molecule has 1 aliphatic rings. The van der Waals surface area contributed by atoms with E-state index in [9.17, 15) is 9.18 Å². The first kappa shape index (κ1) is 10.0. The largest absolute Gasteiger partial charge is 0.323 e. The Bertz CT molecular complexity index is 363. The molecule has 15 heavy (non-hydrogen) atoms. The van der Waals surface area contributed by atoms with Crippen molar-refractivity contribution in [2.75, 3.05) is 18.4 Å². The maximum Gasteiger partial charge on any atom is 0.228 e. The third-order valence-electron chi connectivity index (χ3n) is 2.46. The molecule has 2 N–H and O–H groups in total. The molecule has 80 valence electrons. The quantitative estimate of drug-likeness (QED) is 0.756. The fraction of sp³-hybridized carbons (Fsp3) is 0.400. The Hall–Kier alpha value is -1.49. The van der Waals surface area contributed by atoms with Gasteiger partial charge in [0.05, 0.1) is 17.8 Å². The van der Waals surface area contributed by atoms with E-state index in [1.165, 1.54) is 12.3 Å². The molecule has 1 aromatic rings. The van der Waals surface area contributed by atoms with Gasteiger partial charge in [0.15, 0.2) is 5.82 Å². The van der Waals surface area contributed by atoms with Crippen molar-refractivity contribution < 1.29 is 9.18 Å². The summed E-state index contributed by atoms with van der Waals surface area (Å²) in [4.78, 5) is 15.2. The predicted molar refractivity (Wildman–Crippen MR) is 53.8 cm³/mol. The molecule has 0 spiro atoms. The van der Waals surface area contributed by atoms with Crippen molar-refractivity contribution in [1.29, 1.82) is 0 Å². The zero-order chi connectivity index (χ0) is 10.7. The van der Waals surface area contributed by atoms with Crippen LogP contribution < -0.4 is 10.6 Å². The van der Waals surface area contributed by atoms with Gasteiger partial charge in [-0.25, -0.2) is 4.39 Å². The van der Waals surface area contributed by atoms with E-state index in [1.807, 2.05) is 0 Å². The van der Waals surface area contributed by atoms with E-state index in [0.717, 1.165) is 19.2 Å². The van der Waals surface area contributed by atoms with Gasteiger partial charge >= 0.3 is 0 Å². The van der Waals surface area contributed by atoms with E-state index >= 15 is 0 Å². The van der Waals surface area contributed by atoms with Crippen LogP contribution in [0.2, 0.25) is 0 Å². The normalized spacial score (nSPS) is 20.2. The van der Waals surface area contributed by atoms with E-state index in [2.05, 4.69) is 15.6 Å². The number of hydrogen-bond donors (Lipinski definition) is 2. The van der Waals surface area contributed by atoms with Gasteiger partial charge < -0.3 is 10.6 Å². The molecule has 1 atom stereocenters. The monoisotopic (exact) mass is 209 g/mol. The van der Waals surface area contributed by atoms with Gasteiger partial charge in [-0.3, -0.25) is 9.78 Å². The number of hydrogen-bond acceptors (Lipinski definition) is 3. The van der Waals surface area contributed by atoms with Crippen LogP contribution in [0.4, 0.5) is 10.1 Å². The predicted octanol–water partition coefficient (Wildman–Crippen LogP) is 0.769. The van der Waals surface area contributed by atoms with E-state index in [-0.39, 0.29) is 17.5 Å². The average molecular weight is 209 g/mol. The summed E-state index contributed by atoms with van der Waals surface area (Å²) in [6, 6.07) is 1.45. The van der Waals surface area contributed by atoms with Gasteiger partial charge in [-0.2, -0.15) is 0 Å². The first-order chi connectivity index (χ1) is 7.27. The fourth-order valence-electron chi connectivity index (χ4n) is 1.59. The Labute approximate surface area is 86.9 Å². The van der Waals surface area contributed by atoms with Crippen LogP contribution >= 0.6 is 0 Å². The number of carbonyl (C=O) groups is 1. The van der Waals surface area contributed by atoms with Crippen molar-refractivity contribution in [2.45, 2.75) is 6.42 Å². The van der Waals surface area contributed by atoms with Crippen LogP contribution in [-0.2, 0) is 4.79 Å². The third-order valence-corrected chi connectivity index (χ3v) is 2.46. The van der Waals surface area contributed by atoms with E-state index in [4.69, 9.17) is 0 Å². The Morgan fingerprint density at radius 1 is 1.67 bits per heavy atom. The maximum atomic E-state index is 13.1. The van der Waals surface area contributed by atoms with Crippen LogP contribution in [0.15, 0.2) is 18.5 Å². The molecule has 1 aliphatic heterocycles. The molecular formula is C10H12FN3O. The first-order valence-corrected chi connectivity index (χ1v) is 4.88. The van der Waals surface area contributed by atoms with E-state index in [1.54, 1.807) is 0 Å². The van der Waals surface area contributed by atoms with Gasteiger partial charge in [-0.15, -0.1) is 0 Å². The minimum Gasteiger partial charge on any atom is -0.323 e. The summed E-state index contributed by atoms with van der Waals surface area (Å²) in [6.45, 7) is 1.51. The van der Waals surface area contributed by atoms with Crippen LogP contribution in [0.25, 0.3) is 0 Å². The average Bonchev–Trinajstić information content (AvgIpc) is 2.74. The van der Waals surface area contributed by atoms with E-state index < -0.39 is 5.82 Å². The van der Waals surface area contributed by atoms with Gasteiger partial charge in [0.25, 0.3) is 0 Å². The van der Waals surface area contributed by atoms with Crippen molar-refractivity contribution in [3.63, 3.8) is 0 Å². The zero-order valence-corrected chi connectivity index (χ0v) is 8.16. The summed E-state index contributed by atoms with van der Waals surface area (Å²) in [5.41, 5.74) is 0.196. The molecule has 5 heteroatoms. The minimum atomic E-state index is -0.503. The zero-order valence-electron chi connectivity index (χ0n) is 8.16. The van der Waals surface area contributed by atoms with Crippen molar-refractivity contribution in [1.82, 2.24) is 10.3 Å². The number of rotatable bonds is 2. The minimum absolute atomic E-state index is 0.0578. The second-order valence-corrected chi connectivity index (χ2v) is 3.53. The topological polar surface area (TPSA) is 54.0 Å². The van der Waals surface area contributed by atoms with Crippen LogP contribution in [0.5, 0.6) is 0 Å². The summed E-state index contributed by atoms with van der Waals surface area (Å²) >= 11 is 0. The molecule has 0 radical (unpaired) electrons. The Morgan fingerprint density at radius 2 is 2.53 bits per heavy atom. The number of carbonyl (C=O) groups excluding carboxylic acids is 1. The molecule has 2 rings (SSSR count). The highest BCUT2D eigenvalue weighted by molar-refractivity contribution is 5.92. The Kier molecular flexibility index (Phi) is 2.91. The number of amides is 1. The number of aromatic nitrogens is 1.